The highest BCUT2D eigenvalue weighted by Crippen LogP contribution is 2.16. The molecule has 0 fully saturated rings. The Bertz CT molecular complexity index is 410. The van der Waals surface area contributed by atoms with Gasteiger partial charge in [-0.25, -0.2) is 4.98 Å². The molecule has 1 heterocycles. The van der Waals surface area contributed by atoms with Gasteiger partial charge in [0.1, 0.15) is 5.82 Å². The smallest absolute Gasteiger partial charge is 0.126 e. The van der Waals surface area contributed by atoms with Gasteiger partial charge in [-0.15, -0.1) is 0 Å². The molecule has 0 amide bonds. The van der Waals surface area contributed by atoms with Crippen LogP contribution in [0.25, 0.3) is 10.9 Å². The predicted molar refractivity (Wildman–Crippen MR) is 60.4 cm³/mol. The molecule has 0 aliphatic carbocycles. The molecule has 0 atom stereocenters. The molecule has 1 radical (unpaired) electrons. The summed E-state index contributed by atoms with van der Waals surface area (Å²) < 4.78 is 0. The Morgan fingerprint density at radius 2 is 2.07 bits per heavy atom. The van der Waals surface area contributed by atoms with Crippen LogP contribution in [0, 0.1) is 6.92 Å². The summed E-state index contributed by atoms with van der Waals surface area (Å²) in [5.74, 6) is 0.902. The van der Waals surface area contributed by atoms with Crippen LogP contribution < -0.4 is 5.32 Å². The minimum absolute atomic E-state index is 0.807. The van der Waals surface area contributed by atoms with Crippen LogP contribution in [0.4, 0.5) is 5.82 Å². The number of fused-ring (bicyclic) bond motifs is 1. The Balaban J connectivity index is 2.60. The van der Waals surface area contributed by atoms with Gasteiger partial charge in [0.25, 0.3) is 0 Å². The van der Waals surface area contributed by atoms with E-state index in [2.05, 4.69) is 41.5 Å². The highest BCUT2D eigenvalue weighted by atomic mass is 15.0. The fourth-order valence-corrected chi connectivity index (χ4v) is 1.46. The molecule has 0 saturated heterocycles. The van der Waals surface area contributed by atoms with Crippen LogP contribution in [-0.2, 0) is 6.42 Å². The Kier molecular flexibility index (Phi) is 2.35. The normalized spacial score (nSPS) is 10.4. The quantitative estimate of drug-likeness (QED) is 0.778. The molecule has 0 bridgehead atoms. The van der Waals surface area contributed by atoms with Gasteiger partial charge in [-0.1, -0.05) is 12.1 Å². The van der Waals surface area contributed by atoms with Crippen LogP contribution in [0.5, 0.6) is 0 Å². The number of nitrogens with one attached hydrogen (secondary N) is 1. The summed E-state index contributed by atoms with van der Waals surface area (Å²) >= 11 is 0. The summed E-state index contributed by atoms with van der Waals surface area (Å²) in [6, 6.07) is 10.3. The Labute approximate surface area is 84.0 Å². The third-order valence-electron chi connectivity index (χ3n) is 2.30. The number of rotatable bonds is 2. The summed E-state index contributed by atoms with van der Waals surface area (Å²) in [6.45, 7) is 3.86. The van der Waals surface area contributed by atoms with E-state index in [1.165, 1.54) is 10.9 Å². The van der Waals surface area contributed by atoms with E-state index < -0.39 is 0 Å². The van der Waals surface area contributed by atoms with E-state index in [1.807, 2.05) is 13.1 Å². The van der Waals surface area contributed by atoms with Crippen molar-refractivity contribution in [2.45, 2.75) is 6.42 Å². The third-order valence-corrected chi connectivity index (χ3v) is 2.30. The van der Waals surface area contributed by atoms with E-state index in [0.717, 1.165) is 17.8 Å². The molecule has 0 unspecified atom stereocenters. The van der Waals surface area contributed by atoms with E-state index in [9.17, 15) is 0 Å². The van der Waals surface area contributed by atoms with Crippen LogP contribution in [0.15, 0.2) is 30.3 Å². The zero-order valence-corrected chi connectivity index (χ0v) is 8.25. The second kappa shape index (κ2) is 3.66. The molecule has 2 nitrogen and oxygen atoms in total. The average molecular weight is 185 g/mol. The lowest BCUT2D eigenvalue weighted by molar-refractivity contribution is 1.27. The van der Waals surface area contributed by atoms with Gasteiger partial charge < -0.3 is 5.32 Å². The van der Waals surface area contributed by atoms with Gasteiger partial charge in [-0.3, -0.25) is 0 Å². The molecule has 71 valence electrons. The van der Waals surface area contributed by atoms with Crippen molar-refractivity contribution in [2.24, 2.45) is 0 Å². The Morgan fingerprint density at radius 1 is 1.29 bits per heavy atom. The van der Waals surface area contributed by atoms with Crippen molar-refractivity contribution in [2.75, 3.05) is 12.4 Å². The van der Waals surface area contributed by atoms with E-state index >= 15 is 0 Å². The van der Waals surface area contributed by atoms with E-state index in [4.69, 9.17) is 0 Å². The molecule has 14 heavy (non-hydrogen) atoms. The summed E-state index contributed by atoms with van der Waals surface area (Å²) in [6.07, 6.45) is 0.807. The average Bonchev–Trinajstić information content (AvgIpc) is 2.27. The molecule has 1 N–H and O–H groups in total. The lowest BCUT2D eigenvalue weighted by atomic mass is 10.1. The number of nitrogens with zero attached hydrogens (tertiary/aromatic N) is 1. The van der Waals surface area contributed by atoms with Gasteiger partial charge >= 0.3 is 0 Å². The second-order valence-corrected chi connectivity index (χ2v) is 3.22. The molecule has 1 aromatic carbocycles. The van der Waals surface area contributed by atoms with Crippen molar-refractivity contribution < 1.29 is 0 Å². The van der Waals surface area contributed by atoms with Crippen molar-refractivity contribution in [1.29, 1.82) is 0 Å². The first-order valence-corrected chi connectivity index (χ1v) is 4.70. The molecule has 0 saturated carbocycles. The Hall–Kier alpha value is -1.57. The summed E-state index contributed by atoms with van der Waals surface area (Å²) in [5.41, 5.74) is 2.25. The van der Waals surface area contributed by atoms with E-state index in [1.54, 1.807) is 0 Å². The third kappa shape index (κ3) is 1.55. The topological polar surface area (TPSA) is 24.9 Å². The zero-order valence-electron chi connectivity index (χ0n) is 8.25. The molecule has 0 aliphatic rings. The van der Waals surface area contributed by atoms with E-state index in [0.29, 0.717) is 0 Å². The zero-order chi connectivity index (χ0) is 9.97. The maximum Gasteiger partial charge on any atom is 0.126 e. The molecule has 2 rings (SSSR count). The molecular formula is C12H13N2. The highest BCUT2D eigenvalue weighted by molar-refractivity contribution is 5.80. The molecule has 2 aromatic rings. The van der Waals surface area contributed by atoms with Gasteiger partial charge in [0.2, 0.25) is 0 Å². The fraction of sp³-hybridized carbons (Fsp3) is 0.167. The van der Waals surface area contributed by atoms with Crippen molar-refractivity contribution in [3.05, 3.63) is 42.8 Å². The van der Waals surface area contributed by atoms with Crippen LogP contribution >= 0.6 is 0 Å². The SMILES string of the molecule is [CH2]Cc1ccc2ccc(NC)nc2c1. The first kappa shape index (κ1) is 9.00. The van der Waals surface area contributed by atoms with Gasteiger partial charge in [0, 0.05) is 12.4 Å². The van der Waals surface area contributed by atoms with Crippen LogP contribution in [0.2, 0.25) is 0 Å². The van der Waals surface area contributed by atoms with Crippen LogP contribution in [-0.4, -0.2) is 12.0 Å². The number of benzene rings is 1. The second-order valence-electron chi connectivity index (χ2n) is 3.22. The van der Waals surface area contributed by atoms with Crippen LogP contribution in [0.3, 0.4) is 0 Å². The first-order valence-electron chi connectivity index (χ1n) is 4.70. The largest absolute Gasteiger partial charge is 0.373 e. The number of pyridine rings is 1. The first-order chi connectivity index (χ1) is 6.83. The van der Waals surface area contributed by atoms with Crippen LogP contribution in [0.1, 0.15) is 5.56 Å². The summed E-state index contributed by atoms with van der Waals surface area (Å²) in [5, 5.41) is 4.20. The molecule has 0 aliphatic heterocycles. The fourth-order valence-electron chi connectivity index (χ4n) is 1.46. The molecule has 1 aromatic heterocycles. The van der Waals surface area contributed by atoms with Crippen molar-refractivity contribution in [3.63, 3.8) is 0 Å². The van der Waals surface area contributed by atoms with Gasteiger partial charge in [-0.2, -0.15) is 0 Å². The van der Waals surface area contributed by atoms with Gasteiger partial charge in [0.05, 0.1) is 5.52 Å². The monoisotopic (exact) mass is 185 g/mol. The van der Waals surface area contributed by atoms with Crippen molar-refractivity contribution in [1.82, 2.24) is 4.98 Å². The maximum absolute atomic E-state index is 4.46. The maximum atomic E-state index is 4.46. The Morgan fingerprint density at radius 3 is 2.79 bits per heavy atom. The lowest BCUT2D eigenvalue weighted by Gasteiger charge is -2.03. The number of aromatic nitrogens is 1. The minimum atomic E-state index is 0.807. The minimum Gasteiger partial charge on any atom is -0.373 e. The van der Waals surface area contributed by atoms with Gasteiger partial charge in [-0.05, 0) is 37.1 Å². The summed E-state index contributed by atoms with van der Waals surface area (Å²) in [7, 11) is 1.87. The standard InChI is InChI=1S/C12H13N2/c1-3-9-4-5-10-6-7-12(13-2)14-11(10)8-9/h4-8H,1,3H2,2H3,(H,13,14). The van der Waals surface area contributed by atoms with Crippen molar-refractivity contribution in [3.8, 4) is 0 Å². The number of hydrogen-bond donors (Lipinski definition) is 1. The van der Waals surface area contributed by atoms with E-state index in [-0.39, 0.29) is 0 Å². The number of hydrogen-bond acceptors (Lipinski definition) is 2. The molecule has 2 heteroatoms. The highest BCUT2D eigenvalue weighted by Gasteiger charge is 1.97. The molecule has 0 spiro atoms. The molecular weight excluding hydrogens is 172 g/mol. The number of anilines is 1. The summed E-state index contributed by atoms with van der Waals surface area (Å²) in [4.78, 5) is 4.46. The predicted octanol–water partition coefficient (Wildman–Crippen LogP) is 2.65. The van der Waals surface area contributed by atoms with Gasteiger partial charge in [0.15, 0.2) is 0 Å². The van der Waals surface area contributed by atoms with Crippen molar-refractivity contribution >= 4 is 16.7 Å². The lowest BCUT2D eigenvalue weighted by Crippen LogP contribution is -1.92.